The lowest BCUT2D eigenvalue weighted by molar-refractivity contribution is 0.296. The highest BCUT2D eigenvalue weighted by atomic mass is 35.5. The molecule has 0 unspecified atom stereocenters. The van der Waals surface area contributed by atoms with Crippen molar-refractivity contribution in [1.82, 2.24) is 15.2 Å². The van der Waals surface area contributed by atoms with E-state index in [0.717, 1.165) is 5.56 Å². The molecule has 0 atom stereocenters. The van der Waals surface area contributed by atoms with E-state index in [2.05, 4.69) is 15.2 Å². The van der Waals surface area contributed by atoms with Gasteiger partial charge in [0.1, 0.15) is 18.1 Å². The molecule has 0 radical (unpaired) electrons. The molecule has 0 aliphatic rings. The third kappa shape index (κ3) is 3.90. The summed E-state index contributed by atoms with van der Waals surface area (Å²) in [4.78, 5) is 4.34. The molecular weight excluding hydrogens is 325 g/mol. The Balaban J connectivity index is 0.00000176. The molecular formula is C15H13Cl2N3O2. The van der Waals surface area contributed by atoms with Crippen LogP contribution in [0.25, 0.3) is 11.4 Å². The van der Waals surface area contributed by atoms with Gasteiger partial charge in [0, 0.05) is 10.6 Å². The maximum atomic E-state index is 9.26. The third-order valence-electron chi connectivity index (χ3n) is 2.85. The molecule has 0 amide bonds. The largest absolute Gasteiger partial charge is 0.508 e. The average molecular weight is 338 g/mol. The Morgan fingerprint density at radius 1 is 1.05 bits per heavy atom. The Labute approximate surface area is 138 Å². The maximum Gasteiger partial charge on any atom is 0.181 e. The minimum absolute atomic E-state index is 0. The number of ether oxygens (including phenoxy) is 1. The smallest absolute Gasteiger partial charge is 0.181 e. The molecule has 114 valence electrons. The molecule has 1 heterocycles. The van der Waals surface area contributed by atoms with Gasteiger partial charge in [-0.1, -0.05) is 11.6 Å². The number of nitrogens with zero attached hydrogens (tertiary/aromatic N) is 2. The van der Waals surface area contributed by atoms with Crippen LogP contribution in [0.3, 0.4) is 0 Å². The molecule has 2 N–H and O–H groups in total. The van der Waals surface area contributed by atoms with E-state index in [-0.39, 0.29) is 24.8 Å². The lowest BCUT2D eigenvalue weighted by Crippen LogP contribution is -1.97. The zero-order valence-electron chi connectivity index (χ0n) is 11.4. The lowest BCUT2D eigenvalue weighted by atomic mass is 10.2. The molecule has 2 aromatic carbocycles. The van der Waals surface area contributed by atoms with Gasteiger partial charge in [-0.15, -0.1) is 12.4 Å². The minimum Gasteiger partial charge on any atom is -0.508 e. The van der Waals surface area contributed by atoms with Crippen molar-refractivity contribution in [2.75, 3.05) is 0 Å². The van der Waals surface area contributed by atoms with E-state index < -0.39 is 0 Å². The topological polar surface area (TPSA) is 71.0 Å². The normalized spacial score (nSPS) is 10.0. The monoisotopic (exact) mass is 337 g/mol. The van der Waals surface area contributed by atoms with Crippen molar-refractivity contribution in [3.05, 3.63) is 59.4 Å². The van der Waals surface area contributed by atoms with E-state index in [4.69, 9.17) is 16.3 Å². The second kappa shape index (κ2) is 7.15. The van der Waals surface area contributed by atoms with E-state index in [1.807, 2.05) is 0 Å². The van der Waals surface area contributed by atoms with Crippen molar-refractivity contribution in [3.63, 3.8) is 0 Å². The van der Waals surface area contributed by atoms with Gasteiger partial charge in [0.25, 0.3) is 0 Å². The summed E-state index contributed by atoms with van der Waals surface area (Å²) in [6.45, 7) is 0.284. The molecule has 22 heavy (non-hydrogen) atoms. The molecule has 3 aromatic rings. The van der Waals surface area contributed by atoms with Crippen LogP contribution in [0.5, 0.6) is 11.5 Å². The molecule has 7 heteroatoms. The number of hydrogen-bond donors (Lipinski definition) is 2. The van der Waals surface area contributed by atoms with Crippen LogP contribution in [0, 0.1) is 0 Å². The lowest BCUT2D eigenvalue weighted by Gasteiger charge is -2.03. The summed E-state index contributed by atoms with van der Waals surface area (Å²) in [6.07, 6.45) is 0. The predicted molar refractivity (Wildman–Crippen MR) is 86.5 cm³/mol. The van der Waals surface area contributed by atoms with Crippen LogP contribution < -0.4 is 4.74 Å². The standard InChI is InChI=1S/C15H12ClN3O2.ClH/c16-11-3-7-13(8-4-11)21-9-14-17-15(19-18-14)10-1-5-12(20)6-2-10;/h1-8,20H,9H2,(H,17,18,19);1H. The summed E-state index contributed by atoms with van der Waals surface area (Å²) in [5.41, 5.74) is 0.821. The highest BCUT2D eigenvalue weighted by Gasteiger charge is 2.06. The van der Waals surface area contributed by atoms with Crippen LogP contribution in [-0.2, 0) is 6.61 Å². The molecule has 5 nitrogen and oxygen atoms in total. The van der Waals surface area contributed by atoms with E-state index in [0.29, 0.717) is 22.4 Å². The van der Waals surface area contributed by atoms with Gasteiger partial charge in [0.2, 0.25) is 0 Å². The number of aromatic nitrogens is 3. The number of nitrogens with one attached hydrogen (secondary N) is 1. The van der Waals surface area contributed by atoms with Crippen LogP contribution >= 0.6 is 24.0 Å². The molecule has 0 fully saturated rings. The number of phenols is 1. The van der Waals surface area contributed by atoms with Gasteiger partial charge in [-0.25, -0.2) is 4.98 Å². The van der Waals surface area contributed by atoms with Gasteiger partial charge in [-0.05, 0) is 48.5 Å². The first-order valence-corrected chi connectivity index (χ1v) is 6.67. The van der Waals surface area contributed by atoms with Crippen LogP contribution in [0.4, 0.5) is 0 Å². The molecule has 0 aliphatic heterocycles. The van der Waals surface area contributed by atoms with Gasteiger partial charge in [0.15, 0.2) is 11.6 Å². The second-order valence-electron chi connectivity index (χ2n) is 4.40. The van der Waals surface area contributed by atoms with Crippen molar-refractivity contribution in [2.24, 2.45) is 0 Å². The Hall–Kier alpha value is -2.24. The number of H-pyrrole nitrogens is 1. The number of aromatic hydroxyl groups is 1. The number of benzene rings is 2. The van der Waals surface area contributed by atoms with Crippen LogP contribution in [0.15, 0.2) is 48.5 Å². The van der Waals surface area contributed by atoms with Gasteiger partial charge in [-0.3, -0.25) is 5.10 Å². The van der Waals surface area contributed by atoms with Crippen molar-refractivity contribution in [3.8, 4) is 22.9 Å². The molecule has 0 saturated carbocycles. The van der Waals surface area contributed by atoms with Crippen molar-refractivity contribution in [2.45, 2.75) is 6.61 Å². The number of phenolic OH excluding ortho intramolecular Hbond substituents is 1. The van der Waals surface area contributed by atoms with Crippen molar-refractivity contribution < 1.29 is 9.84 Å². The van der Waals surface area contributed by atoms with E-state index in [9.17, 15) is 5.11 Å². The maximum absolute atomic E-state index is 9.26. The third-order valence-corrected chi connectivity index (χ3v) is 3.10. The average Bonchev–Trinajstić information content (AvgIpc) is 2.96. The van der Waals surface area contributed by atoms with Gasteiger partial charge in [0.05, 0.1) is 0 Å². The Morgan fingerprint density at radius 3 is 2.41 bits per heavy atom. The second-order valence-corrected chi connectivity index (χ2v) is 4.83. The van der Waals surface area contributed by atoms with E-state index >= 15 is 0 Å². The Morgan fingerprint density at radius 2 is 1.73 bits per heavy atom. The fraction of sp³-hybridized carbons (Fsp3) is 0.0667. The predicted octanol–water partition coefficient (Wildman–Crippen LogP) is 3.83. The summed E-state index contributed by atoms with van der Waals surface area (Å²) in [7, 11) is 0. The Kier molecular flexibility index (Phi) is 5.25. The van der Waals surface area contributed by atoms with E-state index in [1.165, 1.54) is 0 Å². The first-order chi connectivity index (χ1) is 10.2. The van der Waals surface area contributed by atoms with Gasteiger partial charge < -0.3 is 9.84 Å². The fourth-order valence-electron chi connectivity index (χ4n) is 1.78. The molecule has 0 spiro atoms. The van der Waals surface area contributed by atoms with Crippen molar-refractivity contribution in [1.29, 1.82) is 0 Å². The minimum atomic E-state index is 0. The molecule has 1 aromatic heterocycles. The summed E-state index contributed by atoms with van der Waals surface area (Å²) >= 11 is 5.81. The van der Waals surface area contributed by atoms with Gasteiger partial charge >= 0.3 is 0 Å². The summed E-state index contributed by atoms with van der Waals surface area (Å²) in [5.74, 6) is 2.10. The SMILES string of the molecule is Cl.Oc1ccc(-c2n[nH]c(COc3ccc(Cl)cc3)n2)cc1. The molecule has 0 bridgehead atoms. The number of hydrogen-bond acceptors (Lipinski definition) is 4. The van der Waals surface area contributed by atoms with Crippen LogP contribution in [-0.4, -0.2) is 20.3 Å². The Bertz CT molecular complexity index is 727. The quantitative estimate of drug-likeness (QED) is 0.758. The zero-order chi connectivity index (χ0) is 14.7. The van der Waals surface area contributed by atoms with Crippen molar-refractivity contribution >= 4 is 24.0 Å². The van der Waals surface area contributed by atoms with Crippen LogP contribution in [0.1, 0.15) is 5.82 Å². The summed E-state index contributed by atoms with van der Waals surface area (Å²) < 4.78 is 5.58. The van der Waals surface area contributed by atoms with E-state index in [1.54, 1.807) is 48.5 Å². The first-order valence-electron chi connectivity index (χ1n) is 6.30. The first kappa shape index (κ1) is 16.1. The number of halogens is 2. The molecule has 0 saturated heterocycles. The number of aromatic amines is 1. The molecule has 3 rings (SSSR count). The number of rotatable bonds is 4. The zero-order valence-corrected chi connectivity index (χ0v) is 12.9. The van der Waals surface area contributed by atoms with Crippen LogP contribution in [0.2, 0.25) is 5.02 Å². The van der Waals surface area contributed by atoms with Gasteiger partial charge in [-0.2, -0.15) is 5.10 Å². The fourth-order valence-corrected chi connectivity index (χ4v) is 1.91. The summed E-state index contributed by atoms with van der Waals surface area (Å²) in [6, 6.07) is 13.8. The highest BCUT2D eigenvalue weighted by molar-refractivity contribution is 6.30. The summed E-state index contributed by atoms with van der Waals surface area (Å²) in [5, 5.41) is 16.9. The highest BCUT2D eigenvalue weighted by Crippen LogP contribution is 2.19. The molecule has 0 aliphatic carbocycles.